The van der Waals surface area contributed by atoms with Crippen LogP contribution in [0.3, 0.4) is 0 Å². The Kier molecular flexibility index (Phi) is 4.63. The second-order valence-electron chi connectivity index (χ2n) is 5.52. The molecule has 0 radical (unpaired) electrons. The third kappa shape index (κ3) is 3.46. The molecule has 1 aromatic rings. The lowest BCUT2D eigenvalue weighted by atomic mass is 9.86. The van der Waals surface area contributed by atoms with Gasteiger partial charge < -0.3 is 5.32 Å². The van der Waals surface area contributed by atoms with Crippen LogP contribution in [0.2, 0.25) is 5.02 Å². The van der Waals surface area contributed by atoms with Gasteiger partial charge in [-0.3, -0.25) is 0 Å². The molecule has 2 rings (SSSR count). The third-order valence-electron chi connectivity index (χ3n) is 3.85. The highest BCUT2D eigenvalue weighted by atomic mass is 35.5. The zero-order valence-electron chi connectivity index (χ0n) is 11.0. The Morgan fingerprint density at radius 3 is 2.83 bits per heavy atom. The molecule has 1 N–H and O–H groups in total. The molecule has 0 spiro atoms. The Labute approximate surface area is 114 Å². The maximum absolute atomic E-state index is 13.0. The van der Waals surface area contributed by atoms with Crippen molar-refractivity contribution in [3.05, 3.63) is 34.6 Å². The molecule has 3 atom stereocenters. The smallest absolute Gasteiger partial charge is 0.124 e. The molecule has 0 aromatic heterocycles. The molecule has 0 aliphatic heterocycles. The predicted molar refractivity (Wildman–Crippen MR) is 74.4 cm³/mol. The van der Waals surface area contributed by atoms with E-state index in [4.69, 9.17) is 11.6 Å². The normalized spacial score (nSPS) is 26.0. The van der Waals surface area contributed by atoms with Crippen LogP contribution >= 0.6 is 11.6 Å². The SMILES string of the molecule is CC1CCCC(NC(C)c2ccc(F)cc2Cl)C1. The van der Waals surface area contributed by atoms with Gasteiger partial charge in [0.25, 0.3) is 0 Å². The van der Waals surface area contributed by atoms with Crippen molar-refractivity contribution in [1.29, 1.82) is 0 Å². The number of hydrogen-bond acceptors (Lipinski definition) is 1. The monoisotopic (exact) mass is 269 g/mol. The zero-order chi connectivity index (χ0) is 13.1. The lowest BCUT2D eigenvalue weighted by Crippen LogP contribution is -2.35. The lowest BCUT2D eigenvalue weighted by Gasteiger charge is -2.30. The van der Waals surface area contributed by atoms with Crippen molar-refractivity contribution >= 4 is 11.6 Å². The van der Waals surface area contributed by atoms with Crippen LogP contribution < -0.4 is 5.32 Å². The second kappa shape index (κ2) is 6.03. The standard InChI is InChI=1S/C15H21ClFN/c1-10-4-3-5-13(8-10)18-11(2)14-7-6-12(17)9-15(14)16/h6-7,9-11,13,18H,3-5,8H2,1-2H3. The lowest BCUT2D eigenvalue weighted by molar-refractivity contribution is 0.285. The topological polar surface area (TPSA) is 12.0 Å². The fourth-order valence-electron chi connectivity index (χ4n) is 2.88. The summed E-state index contributed by atoms with van der Waals surface area (Å²) in [6.45, 7) is 4.40. The first-order valence-electron chi connectivity index (χ1n) is 6.77. The second-order valence-corrected chi connectivity index (χ2v) is 5.93. The highest BCUT2D eigenvalue weighted by Crippen LogP contribution is 2.28. The van der Waals surface area contributed by atoms with Gasteiger partial charge in [0.1, 0.15) is 5.82 Å². The summed E-state index contributed by atoms with van der Waals surface area (Å²) in [4.78, 5) is 0. The van der Waals surface area contributed by atoms with E-state index in [-0.39, 0.29) is 11.9 Å². The summed E-state index contributed by atoms with van der Waals surface area (Å²) in [5, 5.41) is 4.13. The van der Waals surface area contributed by atoms with E-state index >= 15 is 0 Å². The van der Waals surface area contributed by atoms with Crippen molar-refractivity contribution in [3.63, 3.8) is 0 Å². The van der Waals surface area contributed by atoms with Crippen LogP contribution in [-0.4, -0.2) is 6.04 Å². The molecule has 1 fully saturated rings. The van der Waals surface area contributed by atoms with E-state index < -0.39 is 0 Å². The van der Waals surface area contributed by atoms with E-state index in [0.717, 1.165) is 11.5 Å². The van der Waals surface area contributed by atoms with Crippen LogP contribution in [0.4, 0.5) is 4.39 Å². The number of hydrogen-bond donors (Lipinski definition) is 1. The van der Waals surface area contributed by atoms with Gasteiger partial charge in [-0.05, 0) is 43.4 Å². The summed E-state index contributed by atoms with van der Waals surface area (Å²) in [7, 11) is 0. The Morgan fingerprint density at radius 1 is 1.39 bits per heavy atom. The molecule has 1 aromatic carbocycles. The van der Waals surface area contributed by atoms with Crippen molar-refractivity contribution < 1.29 is 4.39 Å². The summed E-state index contributed by atoms with van der Waals surface area (Å²) in [5.74, 6) is 0.523. The van der Waals surface area contributed by atoms with Crippen LogP contribution in [-0.2, 0) is 0 Å². The maximum atomic E-state index is 13.0. The minimum absolute atomic E-state index is 0.174. The van der Waals surface area contributed by atoms with Crippen LogP contribution in [0, 0.1) is 11.7 Å². The quantitative estimate of drug-likeness (QED) is 0.838. The van der Waals surface area contributed by atoms with E-state index in [0.29, 0.717) is 11.1 Å². The fourth-order valence-corrected chi connectivity index (χ4v) is 3.21. The predicted octanol–water partition coefficient (Wildman–Crippen LogP) is 4.71. The maximum Gasteiger partial charge on any atom is 0.124 e. The van der Waals surface area contributed by atoms with Crippen LogP contribution in [0.1, 0.15) is 51.1 Å². The van der Waals surface area contributed by atoms with Gasteiger partial charge in [-0.25, -0.2) is 4.39 Å². The molecule has 0 heterocycles. The van der Waals surface area contributed by atoms with Crippen LogP contribution in [0.25, 0.3) is 0 Å². The van der Waals surface area contributed by atoms with E-state index in [1.807, 2.05) is 0 Å². The number of nitrogens with one attached hydrogen (secondary N) is 1. The Hall–Kier alpha value is -0.600. The third-order valence-corrected chi connectivity index (χ3v) is 4.18. The summed E-state index contributed by atoms with van der Waals surface area (Å²) in [5.41, 5.74) is 0.983. The van der Waals surface area contributed by atoms with Gasteiger partial charge in [-0.1, -0.05) is 37.4 Å². The molecular weight excluding hydrogens is 249 g/mol. The highest BCUT2D eigenvalue weighted by molar-refractivity contribution is 6.31. The van der Waals surface area contributed by atoms with Gasteiger partial charge >= 0.3 is 0 Å². The summed E-state index contributed by atoms with van der Waals surface area (Å²) in [6.07, 6.45) is 5.09. The average molecular weight is 270 g/mol. The molecular formula is C15H21ClFN. The Balaban J connectivity index is 2.00. The van der Waals surface area contributed by atoms with E-state index in [1.54, 1.807) is 6.07 Å². The molecule has 1 aliphatic rings. The molecule has 18 heavy (non-hydrogen) atoms. The molecule has 0 bridgehead atoms. The Morgan fingerprint density at radius 2 is 2.17 bits per heavy atom. The summed E-state index contributed by atoms with van der Waals surface area (Å²) < 4.78 is 13.0. The van der Waals surface area contributed by atoms with Gasteiger partial charge in [0.05, 0.1) is 0 Å². The molecule has 100 valence electrons. The zero-order valence-corrected chi connectivity index (χ0v) is 11.8. The fraction of sp³-hybridized carbons (Fsp3) is 0.600. The minimum Gasteiger partial charge on any atom is -0.307 e. The van der Waals surface area contributed by atoms with Gasteiger partial charge in [0.15, 0.2) is 0 Å². The molecule has 0 saturated heterocycles. The van der Waals surface area contributed by atoms with Crippen molar-refractivity contribution in [2.45, 2.75) is 51.6 Å². The van der Waals surface area contributed by atoms with E-state index in [1.165, 1.54) is 37.8 Å². The summed E-state index contributed by atoms with van der Waals surface area (Å²) >= 11 is 6.09. The number of benzene rings is 1. The molecule has 0 amide bonds. The van der Waals surface area contributed by atoms with Gasteiger partial charge in [0.2, 0.25) is 0 Å². The first kappa shape index (κ1) is 13.8. The number of halogens is 2. The van der Waals surface area contributed by atoms with Crippen molar-refractivity contribution in [1.82, 2.24) is 5.32 Å². The van der Waals surface area contributed by atoms with Crippen molar-refractivity contribution in [2.75, 3.05) is 0 Å². The van der Waals surface area contributed by atoms with Crippen LogP contribution in [0.15, 0.2) is 18.2 Å². The van der Waals surface area contributed by atoms with Gasteiger partial charge in [0, 0.05) is 17.1 Å². The molecule has 1 saturated carbocycles. The van der Waals surface area contributed by atoms with Gasteiger partial charge in [-0.2, -0.15) is 0 Å². The Bertz CT molecular complexity index is 407. The average Bonchev–Trinajstić information content (AvgIpc) is 2.28. The molecule has 3 heteroatoms. The highest BCUT2D eigenvalue weighted by Gasteiger charge is 2.21. The minimum atomic E-state index is -0.276. The van der Waals surface area contributed by atoms with Crippen molar-refractivity contribution in [2.24, 2.45) is 5.92 Å². The van der Waals surface area contributed by atoms with Crippen molar-refractivity contribution in [3.8, 4) is 0 Å². The molecule has 1 nitrogen and oxygen atoms in total. The first-order valence-corrected chi connectivity index (χ1v) is 7.15. The van der Waals surface area contributed by atoms with Crippen LogP contribution in [0.5, 0.6) is 0 Å². The van der Waals surface area contributed by atoms with E-state index in [2.05, 4.69) is 19.2 Å². The largest absolute Gasteiger partial charge is 0.307 e. The molecule has 3 unspecified atom stereocenters. The number of rotatable bonds is 3. The molecule has 1 aliphatic carbocycles. The first-order chi connectivity index (χ1) is 8.56. The van der Waals surface area contributed by atoms with E-state index in [9.17, 15) is 4.39 Å². The van der Waals surface area contributed by atoms with Gasteiger partial charge in [-0.15, -0.1) is 0 Å². The summed E-state index contributed by atoms with van der Waals surface area (Å²) in [6, 6.07) is 5.38.